The molecule has 0 aromatic rings. The topological polar surface area (TPSA) is 269 Å². The third kappa shape index (κ3) is 7.70. The van der Waals surface area contributed by atoms with E-state index in [0.29, 0.717) is 18.6 Å². The monoisotopic (exact) mass is 629 g/mol. The Bertz CT molecular complexity index is 1010. The van der Waals surface area contributed by atoms with Crippen LogP contribution < -0.4 is 38.5 Å². The Balaban J connectivity index is 1.61. The molecule has 1 aliphatic carbocycles. The summed E-state index contributed by atoms with van der Waals surface area (Å²) in [5, 5.41) is 55.8. The molecule has 4 aliphatic rings. The molecular formula is C28H51N7O9. The van der Waals surface area contributed by atoms with Crippen LogP contribution in [-0.2, 0) is 23.8 Å². The maximum atomic E-state index is 13.1. The van der Waals surface area contributed by atoms with Gasteiger partial charge in [-0.1, -0.05) is 0 Å². The van der Waals surface area contributed by atoms with Crippen molar-refractivity contribution < 1.29 is 44.2 Å². The van der Waals surface area contributed by atoms with Crippen LogP contribution in [0, 0.1) is 5.92 Å². The van der Waals surface area contributed by atoms with Crippen molar-refractivity contribution in [2.45, 2.75) is 112 Å². The maximum Gasteiger partial charge on any atom is 0.249 e. The molecule has 3 fully saturated rings. The Morgan fingerprint density at radius 2 is 1.98 bits per heavy atom. The van der Waals surface area contributed by atoms with Gasteiger partial charge in [-0.3, -0.25) is 9.59 Å². The number of carbonyl (C=O) groups is 2. The molecule has 2 saturated heterocycles. The zero-order valence-electron chi connectivity index (χ0n) is 25.4. The van der Waals surface area contributed by atoms with Crippen LogP contribution >= 0.6 is 0 Å². The van der Waals surface area contributed by atoms with Gasteiger partial charge in [0.2, 0.25) is 11.8 Å². The fourth-order valence-electron chi connectivity index (χ4n) is 6.85. The summed E-state index contributed by atoms with van der Waals surface area (Å²) in [5.41, 5.74) is 16.7. The van der Waals surface area contributed by atoms with E-state index in [1.54, 1.807) is 13.1 Å². The first-order chi connectivity index (χ1) is 20.9. The van der Waals surface area contributed by atoms with E-state index in [9.17, 15) is 30.0 Å². The summed E-state index contributed by atoms with van der Waals surface area (Å²) >= 11 is 0. The number of ether oxygens (including phenoxy) is 3. The lowest BCUT2D eigenvalue weighted by Crippen LogP contribution is -2.70. The fraction of sp³-hybridized carbons (Fsp3) is 0.857. The van der Waals surface area contributed by atoms with Crippen molar-refractivity contribution in [1.29, 1.82) is 0 Å². The third-order valence-electron chi connectivity index (χ3n) is 9.22. The summed E-state index contributed by atoms with van der Waals surface area (Å²) in [6, 6.07) is -3.38. The Morgan fingerprint density at radius 3 is 2.61 bits per heavy atom. The second-order valence-corrected chi connectivity index (χ2v) is 12.5. The predicted molar refractivity (Wildman–Crippen MR) is 157 cm³/mol. The van der Waals surface area contributed by atoms with Crippen LogP contribution in [0.15, 0.2) is 11.8 Å². The molecule has 252 valence electrons. The summed E-state index contributed by atoms with van der Waals surface area (Å²) in [4.78, 5) is 25.9. The Kier molecular flexibility index (Phi) is 12.0. The number of aliphatic hydroxyl groups excluding tert-OH is 3. The van der Waals surface area contributed by atoms with Gasteiger partial charge in [0, 0.05) is 12.0 Å². The Labute approximate surface area is 257 Å². The molecule has 0 aromatic carbocycles. The van der Waals surface area contributed by atoms with Crippen molar-refractivity contribution in [2.75, 3.05) is 33.3 Å². The number of aliphatic hydroxyl groups is 4. The molecule has 1 saturated carbocycles. The van der Waals surface area contributed by atoms with Crippen LogP contribution in [0.1, 0.15) is 39.0 Å². The van der Waals surface area contributed by atoms with Crippen molar-refractivity contribution in [2.24, 2.45) is 23.1 Å². The molecular weight excluding hydrogens is 578 g/mol. The van der Waals surface area contributed by atoms with Gasteiger partial charge < -0.3 is 73.1 Å². The summed E-state index contributed by atoms with van der Waals surface area (Å²) in [7, 11) is 1.58. The van der Waals surface area contributed by atoms with Crippen molar-refractivity contribution in [3.8, 4) is 0 Å². The molecule has 4 rings (SSSR count). The number of nitrogens with two attached hydrogens (primary N) is 3. The molecule has 2 amide bonds. The molecule has 2 unspecified atom stereocenters. The average molecular weight is 630 g/mol. The van der Waals surface area contributed by atoms with Gasteiger partial charge in [-0.05, 0) is 65.2 Å². The minimum atomic E-state index is -1.41. The molecule has 0 aromatic heterocycles. The minimum absolute atomic E-state index is 0.0199. The van der Waals surface area contributed by atoms with Gasteiger partial charge >= 0.3 is 0 Å². The quantitative estimate of drug-likeness (QED) is 0.102. The van der Waals surface area contributed by atoms with E-state index in [1.165, 1.54) is 6.92 Å². The standard InChI is InChI=1S/C28H51N7O9/c1-28(41)12-42-27(21(38)24(28)32-2)44-23-17(35-26(40)18(36)7-8-29)10-14(31)19(20(23)37)22-15(6-5-13(11-30)43-22)34-25(39)16-4-3-9-33-16/h5,14-24,27,32-33,36-38,41H,3-4,6-12,29-31H2,1-2H3,(H,34,39)(H,35,40)/t14-,15+,16?,17+,18-,19?,20-,21+,22-,23-,24+,27+,28-/m0/s1. The van der Waals surface area contributed by atoms with Crippen molar-refractivity contribution in [3.05, 3.63) is 11.8 Å². The summed E-state index contributed by atoms with van der Waals surface area (Å²) < 4.78 is 18.2. The average Bonchev–Trinajstić information content (AvgIpc) is 3.52. The SMILES string of the molecule is CN[C@@H]1[C@@H](O)[C@@H](O[C@H]2[C@H](NC(=O)[C@@H](O)CCN)C[C@H](N)C([C@H]3OC(CN)=CC[C@H]3NC(=O)C3CCCN3)[C@@H]2O)OC[C@]1(C)O. The van der Waals surface area contributed by atoms with E-state index in [-0.39, 0.29) is 44.5 Å². The normalized spacial score (nSPS) is 41.8. The van der Waals surface area contributed by atoms with Crippen LogP contribution in [0.4, 0.5) is 0 Å². The van der Waals surface area contributed by atoms with Crippen LogP contribution in [0.3, 0.4) is 0 Å². The van der Waals surface area contributed by atoms with E-state index in [0.717, 1.165) is 13.0 Å². The molecule has 44 heavy (non-hydrogen) atoms. The molecule has 13 atom stereocenters. The molecule has 3 aliphatic heterocycles. The van der Waals surface area contributed by atoms with Gasteiger partial charge in [-0.15, -0.1) is 0 Å². The second-order valence-electron chi connectivity index (χ2n) is 12.5. The van der Waals surface area contributed by atoms with Crippen molar-refractivity contribution >= 4 is 11.8 Å². The third-order valence-corrected chi connectivity index (χ3v) is 9.22. The van der Waals surface area contributed by atoms with Crippen molar-refractivity contribution in [3.63, 3.8) is 0 Å². The van der Waals surface area contributed by atoms with Gasteiger partial charge in [-0.2, -0.15) is 0 Å². The zero-order chi connectivity index (χ0) is 32.2. The lowest BCUT2D eigenvalue weighted by molar-refractivity contribution is -0.297. The molecule has 3 heterocycles. The van der Waals surface area contributed by atoms with Gasteiger partial charge in [0.05, 0.1) is 43.4 Å². The minimum Gasteiger partial charge on any atom is -0.491 e. The first kappa shape index (κ1) is 34.9. The summed E-state index contributed by atoms with van der Waals surface area (Å²) in [6.07, 6.45) is -3.54. The van der Waals surface area contributed by atoms with Crippen LogP contribution in [0.25, 0.3) is 0 Å². The van der Waals surface area contributed by atoms with E-state index >= 15 is 0 Å². The number of likely N-dealkylation sites (N-methyl/N-ethyl adjacent to an activating group) is 1. The van der Waals surface area contributed by atoms with E-state index < -0.39 is 78.4 Å². The van der Waals surface area contributed by atoms with Gasteiger partial charge in [-0.25, -0.2) is 0 Å². The largest absolute Gasteiger partial charge is 0.491 e. The maximum absolute atomic E-state index is 13.1. The van der Waals surface area contributed by atoms with E-state index in [2.05, 4.69) is 21.3 Å². The predicted octanol–water partition coefficient (Wildman–Crippen LogP) is -4.80. The number of hydrogen-bond acceptors (Lipinski definition) is 14. The molecule has 14 N–H and O–H groups in total. The van der Waals surface area contributed by atoms with Gasteiger partial charge in [0.25, 0.3) is 0 Å². The van der Waals surface area contributed by atoms with Crippen molar-refractivity contribution in [1.82, 2.24) is 21.3 Å². The fourth-order valence-corrected chi connectivity index (χ4v) is 6.85. The van der Waals surface area contributed by atoms with Crippen LogP contribution in [0.2, 0.25) is 0 Å². The second kappa shape index (κ2) is 15.1. The number of nitrogens with one attached hydrogen (secondary N) is 4. The number of carbonyl (C=O) groups excluding carboxylic acids is 2. The summed E-state index contributed by atoms with van der Waals surface area (Å²) in [6.45, 7) is 2.26. The first-order valence-electron chi connectivity index (χ1n) is 15.5. The smallest absolute Gasteiger partial charge is 0.249 e. The number of hydrogen-bond donors (Lipinski definition) is 11. The van der Waals surface area contributed by atoms with E-state index in [4.69, 9.17) is 31.4 Å². The first-order valence-corrected chi connectivity index (χ1v) is 15.5. The molecule has 0 bridgehead atoms. The lowest BCUT2D eigenvalue weighted by Gasteiger charge is -2.51. The molecule has 16 nitrogen and oxygen atoms in total. The van der Waals surface area contributed by atoms with E-state index in [1.807, 2.05) is 0 Å². The Morgan fingerprint density at radius 1 is 1.23 bits per heavy atom. The molecule has 16 heteroatoms. The Hall–Kier alpha value is -1.96. The van der Waals surface area contributed by atoms with Crippen LogP contribution in [-0.4, -0.2) is 138 Å². The lowest BCUT2D eigenvalue weighted by atomic mass is 9.72. The number of amides is 2. The van der Waals surface area contributed by atoms with Gasteiger partial charge in [0.15, 0.2) is 6.29 Å². The number of rotatable bonds is 11. The van der Waals surface area contributed by atoms with Crippen LogP contribution in [0.5, 0.6) is 0 Å². The highest BCUT2D eigenvalue weighted by Gasteiger charge is 2.54. The highest BCUT2D eigenvalue weighted by atomic mass is 16.7. The zero-order valence-corrected chi connectivity index (χ0v) is 25.4. The molecule has 0 spiro atoms. The highest BCUT2D eigenvalue weighted by Crippen LogP contribution is 2.37. The summed E-state index contributed by atoms with van der Waals surface area (Å²) in [5.74, 6) is -1.23. The molecule has 0 radical (unpaired) electrons. The highest BCUT2D eigenvalue weighted by molar-refractivity contribution is 5.82. The van der Waals surface area contributed by atoms with Gasteiger partial charge in [0.1, 0.15) is 35.8 Å².